The molecule has 0 saturated carbocycles. The topological polar surface area (TPSA) is 59.0 Å². The molecule has 1 aliphatic rings. The second-order valence-corrected chi connectivity index (χ2v) is 7.12. The van der Waals surface area contributed by atoms with E-state index in [4.69, 9.17) is 0 Å². The lowest BCUT2D eigenvalue weighted by Crippen LogP contribution is -2.32. The van der Waals surface area contributed by atoms with Crippen LogP contribution >= 0.6 is 12.4 Å². The van der Waals surface area contributed by atoms with Crippen LogP contribution in [0.2, 0.25) is 0 Å². The summed E-state index contributed by atoms with van der Waals surface area (Å²) in [6, 6.07) is 6.49. The number of alkyl halides is 3. The number of benzene rings is 1. The lowest BCUT2D eigenvalue weighted by molar-refractivity contribution is -0.137. The summed E-state index contributed by atoms with van der Waals surface area (Å²) in [4.78, 5) is 12.7. The van der Waals surface area contributed by atoms with E-state index in [-0.39, 0.29) is 30.0 Å². The first kappa shape index (κ1) is 23.2. The van der Waals surface area contributed by atoms with Crippen molar-refractivity contribution in [2.45, 2.75) is 50.9 Å². The van der Waals surface area contributed by atoms with Gasteiger partial charge in [0, 0.05) is 12.7 Å². The van der Waals surface area contributed by atoms with Crippen LogP contribution in [-0.4, -0.2) is 28.8 Å². The van der Waals surface area contributed by atoms with E-state index >= 15 is 0 Å². The van der Waals surface area contributed by atoms with E-state index in [1.807, 2.05) is 6.92 Å². The Morgan fingerprint density at radius 2 is 2.17 bits per heavy atom. The van der Waals surface area contributed by atoms with Crippen LogP contribution < -0.4 is 10.6 Å². The molecule has 5 nitrogen and oxygen atoms in total. The van der Waals surface area contributed by atoms with Gasteiger partial charge in [0.05, 0.1) is 17.6 Å². The Morgan fingerprint density at radius 1 is 1.38 bits per heavy atom. The predicted octanol–water partition coefficient (Wildman–Crippen LogP) is 4.52. The van der Waals surface area contributed by atoms with Crippen molar-refractivity contribution in [3.63, 3.8) is 0 Å². The van der Waals surface area contributed by atoms with Gasteiger partial charge in [0.25, 0.3) is 5.91 Å². The Kier molecular flexibility index (Phi) is 8.10. The van der Waals surface area contributed by atoms with E-state index in [0.29, 0.717) is 12.0 Å². The number of halogens is 4. The number of rotatable bonds is 6. The number of aromatic nitrogens is 2. The average molecular weight is 431 g/mol. The van der Waals surface area contributed by atoms with Gasteiger partial charge in [0.2, 0.25) is 0 Å². The molecular weight excluding hydrogens is 405 g/mol. The quantitative estimate of drug-likeness (QED) is 0.708. The van der Waals surface area contributed by atoms with Gasteiger partial charge in [-0.05, 0) is 49.6 Å². The zero-order chi connectivity index (χ0) is 20.1. The van der Waals surface area contributed by atoms with Crippen LogP contribution in [0, 0.1) is 0 Å². The van der Waals surface area contributed by atoms with Crippen LogP contribution in [0.15, 0.2) is 36.5 Å². The maximum absolute atomic E-state index is 13.0. The van der Waals surface area contributed by atoms with Gasteiger partial charge in [-0.25, -0.2) is 0 Å². The molecule has 2 unspecified atom stereocenters. The SMILES string of the molecule is CCCC(NC(=O)c1ccn(C2CCCNC2)n1)c1cccc(C(F)(F)F)c1.Cl. The maximum atomic E-state index is 13.0. The maximum Gasteiger partial charge on any atom is 0.416 e. The van der Waals surface area contributed by atoms with Crippen molar-refractivity contribution >= 4 is 18.3 Å². The third-order valence-electron chi connectivity index (χ3n) is 4.98. The summed E-state index contributed by atoms with van der Waals surface area (Å²) in [7, 11) is 0. The summed E-state index contributed by atoms with van der Waals surface area (Å²) in [5.74, 6) is -0.376. The van der Waals surface area contributed by atoms with Gasteiger partial charge >= 0.3 is 6.18 Å². The van der Waals surface area contributed by atoms with Gasteiger partial charge in [-0.3, -0.25) is 9.48 Å². The molecule has 1 aromatic heterocycles. The molecule has 0 radical (unpaired) electrons. The molecule has 160 valence electrons. The first-order valence-electron chi connectivity index (χ1n) is 9.62. The van der Waals surface area contributed by atoms with Gasteiger partial charge in [-0.1, -0.05) is 25.5 Å². The molecule has 1 saturated heterocycles. The Bertz CT molecular complexity index is 803. The highest BCUT2D eigenvalue weighted by molar-refractivity contribution is 5.92. The summed E-state index contributed by atoms with van der Waals surface area (Å²) in [5.41, 5.74) is 0.00835. The largest absolute Gasteiger partial charge is 0.416 e. The standard InChI is InChI=1S/C20H25F3N4O.ClH/c1-2-5-17(14-6-3-7-15(12-14)20(21,22)23)25-19(28)18-9-11-27(26-18)16-8-4-10-24-13-16;/h3,6-7,9,11-12,16-17,24H,2,4-5,8,10,13H2,1H3,(H,25,28);1H. The normalized spacial score (nSPS) is 18.0. The molecule has 1 amide bonds. The summed E-state index contributed by atoms with van der Waals surface area (Å²) in [6.45, 7) is 3.73. The van der Waals surface area contributed by atoms with E-state index in [1.165, 1.54) is 6.07 Å². The second kappa shape index (κ2) is 10.1. The third kappa shape index (κ3) is 5.96. The van der Waals surface area contributed by atoms with E-state index in [0.717, 1.165) is 44.5 Å². The zero-order valence-electron chi connectivity index (χ0n) is 16.2. The Balaban J connectivity index is 0.00000300. The fourth-order valence-electron chi connectivity index (χ4n) is 3.50. The van der Waals surface area contributed by atoms with Crippen LogP contribution in [0.5, 0.6) is 0 Å². The first-order valence-corrected chi connectivity index (χ1v) is 9.62. The van der Waals surface area contributed by atoms with E-state index < -0.39 is 17.8 Å². The van der Waals surface area contributed by atoms with Crippen molar-refractivity contribution in [3.8, 4) is 0 Å². The van der Waals surface area contributed by atoms with Crippen LogP contribution in [0.25, 0.3) is 0 Å². The number of hydrogen-bond acceptors (Lipinski definition) is 3. The molecule has 2 heterocycles. The lowest BCUT2D eigenvalue weighted by Gasteiger charge is -2.23. The van der Waals surface area contributed by atoms with Gasteiger partial charge in [-0.15, -0.1) is 12.4 Å². The summed E-state index contributed by atoms with van der Waals surface area (Å²) >= 11 is 0. The molecule has 0 bridgehead atoms. The van der Waals surface area contributed by atoms with Crippen molar-refractivity contribution < 1.29 is 18.0 Å². The number of piperidine rings is 1. The number of nitrogens with one attached hydrogen (secondary N) is 2. The Labute approximate surface area is 174 Å². The Morgan fingerprint density at radius 3 is 2.83 bits per heavy atom. The number of carbonyl (C=O) groups is 1. The number of hydrogen-bond donors (Lipinski definition) is 2. The van der Waals surface area contributed by atoms with Crippen molar-refractivity contribution in [1.82, 2.24) is 20.4 Å². The second-order valence-electron chi connectivity index (χ2n) is 7.12. The smallest absolute Gasteiger partial charge is 0.344 e. The molecule has 2 atom stereocenters. The van der Waals surface area contributed by atoms with Crippen molar-refractivity contribution in [2.75, 3.05) is 13.1 Å². The fourth-order valence-corrected chi connectivity index (χ4v) is 3.50. The minimum Gasteiger partial charge on any atom is -0.344 e. The molecule has 29 heavy (non-hydrogen) atoms. The van der Waals surface area contributed by atoms with Gasteiger partial charge in [-0.2, -0.15) is 18.3 Å². The number of amides is 1. The molecule has 1 aromatic carbocycles. The van der Waals surface area contributed by atoms with E-state index in [2.05, 4.69) is 15.7 Å². The predicted molar refractivity (Wildman–Crippen MR) is 107 cm³/mol. The highest BCUT2D eigenvalue weighted by Gasteiger charge is 2.31. The summed E-state index contributed by atoms with van der Waals surface area (Å²) < 4.78 is 40.8. The number of nitrogens with zero attached hydrogens (tertiary/aromatic N) is 2. The Hall–Kier alpha value is -2.06. The average Bonchev–Trinajstić information content (AvgIpc) is 3.18. The molecule has 1 aliphatic heterocycles. The van der Waals surface area contributed by atoms with Gasteiger partial charge < -0.3 is 10.6 Å². The first-order chi connectivity index (χ1) is 13.4. The highest BCUT2D eigenvalue weighted by atomic mass is 35.5. The molecule has 2 N–H and O–H groups in total. The molecule has 9 heteroatoms. The van der Waals surface area contributed by atoms with Crippen LogP contribution in [0.4, 0.5) is 13.2 Å². The van der Waals surface area contributed by atoms with Crippen LogP contribution in [0.1, 0.15) is 66.3 Å². The highest BCUT2D eigenvalue weighted by Crippen LogP contribution is 2.31. The molecule has 2 aromatic rings. The van der Waals surface area contributed by atoms with Crippen molar-refractivity contribution in [2.24, 2.45) is 0 Å². The monoisotopic (exact) mass is 430 g/mol. The van der Waals surface area contributed by atoms with Crippen LogP contribution in [0.3, 0.4) is 0 Å². The van der Waals surface area contributed by atoms with Gasteiger partial charge in [0.1, 0.15) is 5.69 Å². The molecule has 0 spiro atoms. The van der Waals surface area contributed by atoms with Gasteiger partial charge in [0.15, 0.2) is 0 Å². The number of carbonyl (C=O) groups excluding carboxylic acids is 1. The van der Waals surface area contributed by atoms with Crippen LogP contribution in [-0.2, 0) is 6.18 Å². The minimum atomic E-state index is -4.41. The van der Waals surface area contributed by atoms with Crippen molar-refractivity contribution in [1.29, 1.82) is 0 Å². The third-order valence-corrected chi connectivity index (χ3v) is 4.98. The molecular formula is C20H26ClF3N4O. The molecule has 0 aliphatic carbocycles. The minimum absolute atomic E-state index is 0. The van der Waals surface area contributed by atoms with E-state index in [9.17, 15) is 18.0 Å². The fraction of sp³-hybridized carbons (Fsp3) is 0.500. The zero-order valence-corrected chi connectivity index (χ0v) is 17.0. The van der Waals surface area contributed by atoms with Crippen molar-refractivity contribution in [3.05, 3.63) is 53.3 Å². The molecule has 3 rings (SSSR count). The molecule has 1 fully saturated rings. The van der Waals surface area contributed by atoms with E-state index in [1.54, 1.807) is 23.0 Å². The lowest BCUT2D eigenvalue weighted by atomic mass is 9.99. The summed E-state index contributed by atoms with van der Waals surface area (Å²) in [6.07, 6.45) is 0.692. The summed E-state index contributed by atoms with van der Waals surface area (Å²) in [5, 5.41) is 10.5.